The lowest BCUT2D eigenvalue weighted by Gasteiger charge is -2.34. The molecule has 0 aliphatic carbocycles. The summed E-state index contributed by atoms with van der Waals surface area (Å²) >= 11 is 0. The summed E-state index contributed by atoms with van der Waals surface area (Å²) in [4.78, 5) is 13.7. The first-order valence-electron chi connectivity index (χ1n) is 8.25. The van der Waals surface area contributed by atoms with Crippen LogP contribution in [0.2, 0.25) is 0 Å². The number of hydrogen-bond donors (Lipinski definition) is 1. The van der Waals surface area contributed by atoms with Crippen molar-refractivity contribution in [2.45, 2.75) is 4.90 Å². The molecule has 3 rings (SSSR count). The van der Waals surface area contributed by atoms with E-state index in [0.29, 0.717) is 5.75 Å². The van der Waals surface area contributed by atoms with Crippen LogP contribution in [0.25, 0.3) is 0 Å². The van der Waals surface area contributed by atoms with Crippen LogP contribution in [0.4, 0.5) is 4.39 Å². The Morgan fingerprint density at radius 2 is 1.78 bits per heavy atom. The van der Waals surface area contributed by atoms with E-state index in [0.717, 1.165) is 10.4 Å². The Labute approximate surface area is 156 Å². The third-order valence-corrected chi connectivity index (χ3v) is 6.35. The third kappa shape index (κ3) is 3.74. The van der Waals surface area contributed by atoms with E-state index in [1.807, 2.05) is 0 Å². The van der Waals surface area contributed by atoms with Crippen molar-refractivity contribution in [2.75, 3.05) is 33.3 Å². The van der Waals surface area contributed by atoms with Gasteiger partial charge in [-0.1, -0.05) is 12.1 Å². The zero-order valence-electron chi connectivity index (χ0n) is 14.6. The van der Waals surface area contributed by atoms with Gasteiger partial charge in [0.25, 0.3) is 5.91 Å². The number of aromatic hydroxyl groups is 1. The van der Waals surface area contributed by atoms with Crippen LogP contribution in [-0.4, -0.2) is 61.9 Å². The molecule has 27 heavy (non-hydrogen) atoms. The molecule has 2 aromatic rings. The number of nitrogens with zero attached hydrogens (tertiary/aromatic N) is 2. The molecule has 144 valence electrons. The summed E-state index contributed by atoms with van der Waals surface area (Å²) in [5.74, 6) is -0.997. The number of amides is 1. The highest BCUT2D eigenvalue weighted by molar-refractivity contribution is 7.89. The van der Waals surface area contributed by atoms with Gasteiger partial charge in [-0.05, 0) is 24.3 Å². The average molecular weight is 394 g/mol. The van der Waals surface area contributed by atoms with Crippen LogP contribution >= 0.6 is 0 Å². The van der Waals surface area contributed by atoms with Gasteiger partial charge in [0.1, 0.15) is 22.2 Å². The first-order valence-corrected chi connectivity index (χ1v) is 9.69. The van der Waals surface area contributed by atoms with E-state index in [-0.39, 0.29) is 42.4 Å². The van der Waals surface area contributed by atoms with E-state index < -0.39 is 21.7 Å². The van der Waals surface area contributed by atoms with Gasteiger partial charge >= 0.3 is 0 Å². The Bertz CT molecular complexity index is 956. The van der Waals surface area contributed by atoms with Crippen molar-refractivity contribution >= 4 is 15.9 Å². The minimum Gasteiger partial charge on any atom is -0.507 e. The van der Waals surface area contributed by atoms with Crippen LogP contribution in [0, 0.1) is 5.82 Å². The first kappa shape index (κ1) is 19.1. The number of piperazine rings is 1. The number of halogens is 1. The molecule has 0 spiro atoms. The van der Waals surface area contributed by atoms with Crippen LogP contribution in [-0.2, 0) is 10.0 Å². The molecule has 0 bridgehead atoms. The van der Waals surface area contributed by atoms with Gasteiger partial charge in [0.15, 0.2) is 0 Å². The van der Waals surface area contributed by atoms with E-state index in [4.69, 9.17) is 4.74 Å². The second-order valence-corrected chi connectivity index (χ2v) is 7.92. The summed E-state index contributed by atoms with van der Waals surface area (Å²) in [5.41, 5.74) is 0.112. The molecule has 0 radical (unpaired) electrons. The molecule has 0 unspecified atom stereocenters. The molecule has 2 aromatic carbocycles. The summed E-state index contributed by atoms with van der Waals surface area (Å²) in [7, 11) is -2.52. The topological polar surface area (TPSA) is 87.2 Å². The number of methoxy groups -OCH3 is 1. The normalized spacial score (nSPS) is 15.6. The van der Waals surface area contributed by atoms with Crippen molar-refractivity contribution in [3.8, 4) is 11.5 Å². The summed E-state index contributed by atoms with van der Waals surface area (Å²) in [6.07, 6.45) is 0. The number of phenols is 1. The van der Waals surface area contributed by atoms with Gasteiger partial charge in [-0.3, -0.25) is 4.79 Å². The third-order valence-electron chi connectivity index (χ3n) is 4.42. The van der Waals surface area contributed by atoms with Gasteiger partial charge in [-0.2, -0.15) is 4.31 Å². The van der Waals surface area contributed by atoms with E-state index in [2.05, 4.69) is 0 Å². The van der Waals surface area contributed by atoms with Crippen LogP contribution < -0.4 is 4.74 Å². The SMILES string of the molecule is COc1ccc(C(=O)N2CCN(S(=O)(=O)c3ccccc3F)CC2)c(O)c1. The highest BCUT2D eigenvalue weighted by Gasteiger charge is 2.32. The van der Waals surface area contributed by atoms with E-state index in [1.165, 1.54) is 42.3 Å². The van der Waals surface area contributed by atoms with Crippen LogP contribution in [0.1, 0.15) is 10.4 Å². The Kier molecular flexibility index (Phi) is 5.33. The predicted octanol–water partition coefficient (Wildman–Crippen LogP) is 1.69. The standard InChI is InChI=1S/C18H19FN2O5S/c1-26-13-6-7-14(16(22)12-13)18(23)20-8-10-21(11-9-20)27(24,25)17-5-3-2-4-15(17)19/h2-7,12,22H,8-11H2,1H3. The number of benzene rings is 2. The maximum absolute atomic E-state index is 13.9. The first-order chi connectivity index (χ1) is 12.8. The minimum atomic E-state index is -3.97. The lowest BCUT2D eigenvalue weighted by Crippen LogP contribution is -2.50. The molecular weight excluding hydrogens is 375 g/mol. The number of carbonyl (C=O) groups excluding carboxylic acids is 1. The number of rotatable bonds is 4. The van der Waals surface area contributed by atoms with Crippen molar-refractivity contribution in [3.05, 3.63) is 53.8 Å². The number of carbonyl (C=O) groups is 1. The zero-order valence-corrected chi connectivity index (χ0v) is 15.4. The Morgan fingerprint density at radius 3 is 2.37 bits per heavy atom. The lowest BCUT2D eigenvalue weighted by atomic mass is 10.1. The number of hydrogen-bond acceptors (Lipinski definition) is 5. The van der Waals surface area contributed by atoms with E-state index in [1.54, 1.807) is 6.07 Å². The highest BCUT2D eigenvalue weighted by atomic mass is 32.2. The largest absolute Gasteiger partial charge is 0.507 e. The Balaban J connectivity index is 1.72. The van der Waals surface area contributed by atoms with Crippen LogP contribution in [0.15, 0.2) is 47.4 Å². The maximum atomic E-state index is 13.9. The molecule has 1 heterocycles. The van der Waals surface area contributed by atoms with Gasteiger partial charge in [-0.15, -0.1) is 0 Å². The molecule has 1 aliphatic rings. The summed E-state index contributed by atoms with van der Waals surface area (Å²) in [6.45, 7) is 0.356. The monoisotopic (exact) mass is 394 g/mol. The second-order valence-electron chi connectivity index (χ2n) is 6.01. The fraction of sp³-hybridized carbons (Fsp3) is 0.278. The number of ether oxygens (including phenoxy) is 1. The molecule has 7 nitrogen and oxygen atoms in total. The Morgan fingerprint density at radius 1 is 1.11 bits per heavy atom. The molecule has 0 aromatic heterocycles. The quantitative estimate of drug-likeness (QED) is 0.853. The summed E-state index contributed by atoms with van der Waals surface area (Å²) < 4.78 is 45.2. The molecule has 9 heteroatoms. The fourth-order valence-corrected chi connectivity index (χ4v) is 4.40. The van der Waals surface area contributed by atoms with Crippen molar-refractivity contribution < 1.29 is 27.4 Å². The van der Waals surface area contributed by atoms with E-state index >= 15 is 0 Å². The average Bonchev–Trinajstić information content (AvgIpc) is 2.67. The maximum Gasteiger partial charge on any atom is 0.257 e. The van der Waals surface area contributed by atoms with Crippen LogP contribution in [0.3, 0.4) is 0 Å². The molecule has 0 saturated carbocycles. The summed E-state index contributed by atoms with van der Waals surface area (Å²) in [5, 5.41) is 10.0. The molecule has 0 atom stereocenters. The zero-order chi connectivity index (χ0) is 19.6. The van der Waals surface area contributed by atoms with Crippen molar-refractivity contribution in [1.82, 2.24) is 9.21 Å². The highest BCUT2D eigenvalue weighted by Crippen LogP contribution is 2.26. The van der Waals surface area contributed by atoms with Gasteiger partial charge in [0.2, 0.25) is 10.0 Å². The molecule has 1 saturated heterocycles. The lowest BCUT2D eigenvalue weighted by molar-refractivity contribution is 0.0694. The molecule has 1 fully saturated rings. The Hall–Kier alpha value is -2.65. The molecular formula is C18H19FN2O5S. The van der Waals surface area contributed by atoms with E-state index in [9.17, 15) is 22.7 Å². The number of phenolic OH excluding ortho intramolecular Hbond substituents is 1. The second kappa shape index (κ2) is 7.53. The molecule has 1 N–H and O–H groups in total. The van der Waals surface area contributed by atoms with Crippen LogP contribution in [0.5, 0.6) is 11.5 Å². The smallest absolute Gasteiger partial charge is 0.257 e. The van der Waals surface area contributed by atoms with Crippen molar-refractivity contribution in [3.63, 3.8) is 0 Å². The number of sulfonamides is 1. The molecule has 1 amide bonds. The van der Waals surface area contributed by atoms with Gasteiger partial charge < -0.3 is 14.7 Å². The van der Waals surface area contributed by atoms with Crippen molar-refractivity contribution in [1.29, 1.82) is 0 Å². The molecule has 1 aliphatic heterocycles. The van der Waals surface area contributed by atoms with Crippen molar-refractivity contribution in [2.24, 2.45) is 0 Å². The van der Waals surface area contributed by atoms with Gasteiger partial charge in [-0.25, -0.2) is 12.8 Å². The van der Waals surface area contributed by atoms with Gasteiger partial charge in [0.05, 0.1) is 12.7 Å². The predicted molar refractivity (Wildman–Crippen MR) is 95.7 cm³/mol. The minimum absolute atomic E-state index is 0.0410. The van der Waals surface area contributed by atoms with Gasteiger partial charge in [0, 0.05) is 32.2 Å². The fourth-order valence-electron chi connectivity index (χ4n) is 2.91. The summed E-state index contributed by atoms with van der Waals surface area (Å²) in [6, 6.07) is 9.56.